The Balaban J connectivity index is 0.00000106. The van der Waals surface area contributed by atoms with Gasteiger partial charge >= 0.3 is 6.18 Å². The van der Waals surface area contributed by atoms with Crippen molar-refractivity contribution >= 4 is 12.2 Å². The van der Waals surface area contributed by atoms with Crippen LogP contribution >= 0.6 is 0 Å². The number of allylic oxidation sites excluding steroid dienone is 1. The zero-order valence-corrected chi connectivity index (χ0v) is 9.56. The van der Waals surface area contributed by atoms with Gasteiger partial charge in [-0.15, -0.1) is 0 Å². The van der Waals surface area contributed by atoms with Crippen molar-refractivity contribution in [1.82, 2.24) is 0 Å². The van der Waals surface area contributed by atoms with E-state index in [9.17, 15) is 13.2 Å². The minimum Gasteiger partial charge on any atom is -0.452 e. The summed E-state index contributed by atoms with van der Waals surface area (Å²) < 4.78 is 41.3. The van der Waals surface area contributed by atoms with Crippen LogP contribution in [0.2, 0.25) is 0 Å². The first-order chi connectivity index (χ1) is 7.49. The van der Waals surface area contributed by atoms with Crippen molar-refractivity contribution in [3.05, 3.63) is 35.1 Å². The Morgan fingerprint density at radius 2 is 1.88 bits per heavy atom. The van der Waals surface area contributed by atoms with Crippen molar-refractivity contribution in [2.75, 3.05) is 0 Å². The van der Waals surface area contributed by atoms with Gasteiger partial charge in [0, 0.05) is 5.22 Å². The Kier molecular flexibility index (Phi) is 5.64. The van der Waals surface area contributed by atoms with Crippen LogP contribution in [0.5, 0.6) is 0 Å². The highest BCUT2D eigenvalue weighted by atomic mass is 19.4. The maximum absolute atomic E-state index is 12.2. The molecule has 0 amide bonds. The van der Waals surface area contributed by atoms with E-state index in [0.717, 1.165) is 6.07 Å². The lowest BCUT2D eigenvalue weighted by molar-refractivity contribution is -0.153. The molecule has 0 saturated carbocycles. The third-order valence-electron chi connectivity index (χ3n) is 1.63. The van der Waals surface area contributed by atoms with Gasteiger partial charge in [0.25, 0.3) is 0 Å². The van der Waals surface area contributed by atoms with Crippen LogP contribution in [0, 0.1) is 0 Å². The monoisotopic (exact) mass is 232 g/mol. The van der Waals surface area contributed by atoms with Gasteiger partial charge in [-0.3, -0.25) is 0 Å². The molecule has 0 unspecified atom stereocenters. The van der Waals surface area contributed by atoms with E-state index in [2.05, 4.69) is 11.0 Å². The first-order valence-electron chi connectivity index (χ1n) is 4.95. The number of alkyl halides is 3. The summed E-state index contributed by atoms with van der Waals surface area (Å²) >= 11 is 0. The molecule has 0 aromatic carbocycles. The van der Waals surface area contributed by atoms with E-state index in [1.807, 2.05) is 13.8 Å². The molecule has 1 aromatic rings. The van der Waals surface area contributed by atoms with Crippen molar-refractivity contribution in [1.29, 1.82) is 0 Å². The third-order valence-corrected chi connectivity index (χ3v) is 1.63. The standard InChI is InChI=1S/C10H9F3O.C2H6/c1-3-5-7-6-9(10(11,12)13)14-8(7)4-2;1-2/h3-6H,1H2,2H3;1-2H3/b7-5-,8-4+;. The van der Waals surface area contributed by atoms with E-state index in [0.29, 0.717) is 5.22 Å². The van der Waals surface area contributed by atoms with Crippen LogP contribution in [0.3, 0.4) is 0 Å². The predicted octanol–water partition coefficient (Wildman–Crippen LogP) is 3.09. The van der Waals surface area contributed by atoms with E-state index in [1.165, 1.54) is 18.2 Å². The molecular weight excluding hydrogens is 217 g/mol. The Morgan fingerprint density at radius 3 is 2.25 bits per heavy atom. The minimum atomic E-state index is -4.44. The average molecular weight is 232 g/mol. The molecule has 1 aromatic heterocycles. The molecule has 0 radical (unpaired) electrons. The van der Waals surface area contributed by atoms with Crippen molar-refractivity contribution < 1.29 is 17.6 Å². The lowest BCUT2D eigenvalue weighted by Gasteiger charge is -1.98. The van der Waals surface area contributed by atoms with Gasteiger partial charge in [-0.1, -0.05) is 32.6 Å². The highest BCUT2D eigenvalue weighted by Crippen LogP contribution is 2.27. The predicted molar refractivity (Wildman–Crippen MR) is 59.1 cm³/mol. The molecular formula is C12H15F3O. The summed E-state index contributed by atoms with van der Waals surface area (Å²) in [5.41, 5.74) is 0.206. The highest BCUT2D eigenvalue weighted by Gasteiger charge is 2.34. The molecule has 0 aliphatic heterocycles. The molecule has 0 aliphatic carbocycles. The fraction of sp³-hybridized carbons (Fsp3) is 0.333. The number of hydrogen-bond donors (Lipinski definition) is 0. The van der Waals surface area contributed by atoms with Crippen LogP contribution in [0.15, 0.2) is 23.1 Å². The van der Waals surface area contributed by atoms with E-state index in [4.69, 9.17) is 0 Å². The molecule has 90 valence electrons. The van der Waals surface area contributed by atoms with Crippen LogP contribution in [-0.2, 0) is 6.18 Å². The van der Waals surface area contributed by atoms with Gasteiger partial charge in [0.05, 0.1) is 0 Å². The third kappa shape index (κ3) is 3.61. The van der Waals surface area contributed by atoms with Gasteiger partial charge in [-0.05, 0) is 19.1 Å². The minimum absolute atomic E-state index is 0.206. The summed E-state index contributed by atoms with van der Waals surface area (Å²) in [5, 5.41) is 0.384. The van der Waals surface area contributed by atoms with E-state index < -0.39 is 11.9 Å². The maximum atomic E-state index is 12.2. The molecule has 16 heavy (non-hydrogen) atoms. The smallest absolute Gasteiger partial charge is 0.449 e. The van der Waals surface area contributed by atoms with Gasteiger partial charge in [0.1, 0.15) is 5.42 Å². The molecule has 0 aliphatic rings. The number of furan rings is 1. The fourth-order valence-corrected chi connectivity index (χ4v) is 1.04. The van der Waals surface area contributed by atoms with Crippen LogP contribution < -0.4 is 10.6 Å². The van der Waals surface area contributed by atoms with Crippen molar-refractivity contribution in [3.8, 4) is 0 Å². The maximum Gasteiger partial charge on any atom is 0.449 e. The van der Waals surface area contributed by atoms with E-state index in [-0.39, 0.29) is 5.42 Å². The van der Waals surface area contributed by atoms with Gasteiger partial charge in [-0.2, -0.15) is 13.2 Å². The second-order valence-corrected chi connectivity index (χ2v) is 2.62. The second-order valence-electron chi connectivity index (χ2n) is 2.62. The summed E-state index contributed by atoms with van der Waals surface area (Å²) in [6.45, 7) is 9.02. The van der Waals surface area contributed by atoms with Gasteiger partial charge in [-0.25, -0.2) is 0 Å². The lowest BCUT2D eigenvalue weighted by atomic mass is 10.3. The quantitative estimate of drug-likeness (QED) is 0.725. The van der Waals surface area contributed by atoms with Crippen molar-refractivity contribution in [3.63, 3.8) is 0 Å². The molecule has 0 spiro atoms. The molecule has 0 N–H and O–H groups in total. The SMILES string of the molecule is C=C/C=c1/cc(C(F)(F)F)o/c1=C/C.CC. The Hall–Kier alpha value is -1.45. The van der Waals surface area contributed by atoms with Crippen LogP contribution in [0.4, 0.5) is 13.2 Å². The molecule has 0 atom stereocenters. The summed E-state index contributed by atoms with van der Waals surface area (Å²) in [4.78, 5) is 0. The summed E-state index contributed by atoms with van der Waals surface area (Å²) in [6.07, 6.45) is -0.0817. The summed E-state index contributed by atoms with van der Waals surface area (Å²) in [7, 11) is 0. The van der Waals surface area contributed by atoms with E-state index >= 15 is 0 Å². The molecule has 1 heterocycles. The molecule has 0 saturated heterocycles. The normalized spacial score (nSPS) is 13.4. The molecule has 0 fully saturated rings. The largest absolute Gasteiger partial charge is 0.452 e. The number of halogens is 3. The zero-order valence-electron chi connectivity index (χ0n) is 9.56. The number of rotatable bonds is 1. The summed E-state index contributed by atoms with van der Waals surface area (Å²) in [6, 6.07) is 0.955. The van der Waals surface area contributed by atoms with Crippen LogP contribution in [-0.4, -0.2) is 0 Å². The highest BCUT2D eigenvalue weighted by molar-refractivity contribution is 5.36. The first kappa shape index (κ1) is 14.6. The van der Waals surface area contributed by atoms with Crippen molar-refractivity contribution in [2.45, 2.75) is 26.9 Å². The van der Waals surface area contributed by atoms with Crippen molar-refractivity contribution in [2.24, 2.45) is 0 Å². The lowest BCUT2D eigenvalue weighted by Crippen LogP contribution is -2.17. The zero-order chi connectivity index (χ0) is 12.8. The van der Waals surface area contributed by atoms with Gasteiger partial charge in [0.2, 0.25) is 5.76 Å². The van der Waals surface area contributed by atoms with Gasteiger partial charge < -0.3 is 4.42 Å². The topological polar surface area (TPSA) is 13.1 Å². The Labute approximate surface area is 92.6 Å². The fourth-order valence-electron chi connectivity index (χ4n) is 1.04. The molecule has 1 rings (SSSR count). The Morgan fingerprint density at radius 1 is 1.31 bits per heavy atom. The van der Waals surface area contributed by atoms with Gasteiger partial charge in [0.15, 0.2) is 0 Å². The molecule has 0 bridgehead atoms. The first-order valence-corrected chi connectivity index (χ1v) is 4.95. The van der Waals surface area contributed by atoms with E-state index in [1.54, 1.807) is 6.92 Å². The summed E-state index contributed by atoms with van der Waals surface area (Å²) in [5.74, 6) is -0.987. The molecule has 1 nitrogen and oxygen atoms in total. The van der Waals surface area contributed by atoms with Crippen LogP contribution in [0.25, 0.3) is 12.2 Å². The number of hydrogen-bond acceptors (Lipinski definition) is 1. The molecule has 4 heteroatoms. The van der Waals surface area contributed by atoms with Crippen LogP contribution in [0.1, 0.15) is 26.5 Å². The second kappa shape index (κ2) is 6.20. The Bertz CT molecular complexity index is 438. The average Bonchev–Trinajstić information content (AvgIpc) is 2.64.